The van der Waals surface area contributed by atoms with E-state index in [2.05, 4.69) is 54.9 Å². The molecular weight excluding hydrogens is 456 g/mol. The van der Waals surface area contributed by atoms with Crippen molar-refractivity contribution in [3.63, 3.8) is 0 Å². The van der Waals surface area contributed by atoms with Gasteiger partial charge < -0.3 is 14.6 Å². The second-order valence-electron chi connectivity index (χ2n) is 10.0. The summed E-state index contributed by atoms with van der Waals surface area (Å²) in [7, 11) is 1.66. The van der Waals surface area contributed by atoms with E-state index < -0.39 is 0 Å². The fourth-order valence-corrected chi connectivity index (χ4v) is 5.05. The van der Waals surface area contributed by atoms with Crippen molar-refractivity contribution in [3.05, 3.63) is 94.6 Å². The molecular formula is C30H29ClN2O2. The highest BCUT2D eigenvalue weighted by Gasteiger charge is 2.38. The third-order valence-electron chi connectivity index (χ3n) is 6.60. The van der Waals surface area contributed by atoms with Gasteiger partial charge in [-0.1, -0.05) is 43.1 Å². The molecule has 0 unspecified atom stereocenters. The molecule has 0 saturated carbocycles. The number of halogens is 1. The summed E-state index contributed by atoms with van der Waals surface area (Å²) in [4.78, 5) is 13.7. The molecule has 1 N–H and O–H groups in total. The zero-order valence-electron chi connectivity index (χ0n) is 20.5. The van der Waals surface area contributed by atoms with Gasteiger partial charge in [0.15, 0.2) is 5.78 Å². The highest BCUT2D eigenvalue weighted by Crippen LogP contribution is 2.47. The molecule has 0 amide bonds. The van der Waals surface area contributed by atoms with E-state index in [9.17, 15) is 4.79 Å². The minimum atomic E-state index is -0.125. The molecule has 1 heterocycles. The molecule has 1 aliphatic carbocycles. The zero-order valence-corrected chi connectivity index (χ0v) is 21.2. The van der Waals surface area contributed by atoms with E-state index >= 15 is 0 Å². The Morgan fingerprint density at radius 3 is 2.20 bits per heavy atom. The number of aromatic nitrogens is 1. The number of hydrogen-bond acceptors (Lipinski definition) is 3. The number of nitrogens with one attached hydrogen (secondary N) is 1. The van der Waals surface area contributed by atoms with Crippen molar-refractivity contribution < 1.29 is 9.53 Å². The average molecular weight is 485 g/mol. The van der Waals surface area contributed by atoms with Gasteiger partial charge in [0.1, 0.15) is 5.75 Å². The SMILES string of the molecule is COc1ccc(-c2c(Nc3ccc(Cl)cc3)c3c(n2-c2ccc(C)cc2)CC(C)(C)CC3=O)cc1. The molecule has 178 valence electrons. The molecule has 4 aromatic rings. The van der Waals surface area contributed by atoms with Crippen molar-refractivity contribution in [1.29, 1.82) is 0 Å². The van der Waals surface area contributed by atoms with Crippen LogP contribution in [0.2, 0.25) is 5.02 Å². The van der Waals surface area contributed by atoms with Crippen molar-refractivity contribution in [1.82, 2.24) is 4.57 Å². The Balaban J connectivity index is 1.82. The van der Waals surface area contributed by atoms with Crippen LogP contribution in [0, 0.1) is 12.3 Å². The Morgan fingerprint density at radius 1 is 0.914 bits per heavy atom. The number of benzene rings is 3. The maximum atomic E-state index is 13.7. The first-order valence-corrected chi connectivity index (χ1v) is 12.2. The average Bonchev–Trinajstić information content (AvgIpc) is 3.14. The molecule has 3 aromatic carbocycles. The number of Topliss-reactive ketones (excluding diaryl/α,β-unsaturated/α-hetero) is 1. The van der Waals surface area contributed by atoms with E-state index in [1.165, 1.54) is 5.56 Å². The zero-order chi connectivity index (χ0) is 24.7. The largest absolute Gasteiger partial charge is 0.497 e. The number of aryl methyl sites for hydroxylation is 1. The first kappa shape index (κ1) is 23.3. The quantitative estimate of drug-likeness (QED) is 0.312. The van der Waals surface area contributed by atoms with Crippen LogP contribution >= 0.6 is 11.6 Å². The van der Waals surface area contributed by atoms with Crippen LogP contribution in [0.5, 0.6) is 5.75 Å². The molecule has 0 fully saturated rings. The second kappa shape index (κ2) is 8.94. The van der Waals surface area contributed by atoms with Crippen LogP contribution in [0.25, 0.3) is 16.9 Å². The van der Waals surface area contributed by atoms with Gasteiger partial charge in [-0.15, -0.1) is 0 Å². The van der Waals surface area contributed by atoms with E-state index in [-0.39, 0.29) is 11.2 Å². The van der Waals surface area contributed by atoms with Gasteiger partial charge in [0.25, 0.3) is 0 Å². The van der Waals surface area contributed by atoms with E-state index in [4.69, 9.17) is 16.3 Å². The monoisotopic (exact) mass is 484 g/mol. The lowest BCUT2D eigenvalue weighted by Gasteiger charge is -2.30. The number of carbonyl (C=O) groups is 1. The topological polar surface area (TPSA) is 43.3 Å². The number of nitrogens with zero attached hydrogens (tertiary/aromatic N) is 1. The fraction of sp³-hybridized carbons (Fsp3) is 0.233. The summed E-state index contributed by atoms with van der Waals surface area (Å²) in [5.74, 6) is 0.949. The Labute approximate surface area is 211 Å². The molecule has 0 bridgehead atoms. The highest BCUT2D eigenvalue weighted by molar-refractivity contribution is 6.30. The predicted octanol–water partition coefficient (Wildman–Crippen LogP) is 8.01. The number of carbonyl (C=O) groups excluding carboxylic acids is 1. The van der Waals surface area contributed by atoms with E-state index in [0.29, 0.717) is 11.4 Å². The maximum absolute atomic E-state index is 13.7. The number of fused-ring (bicyclic) bond motifs is 1. The van der Waals surface area contributed by atoms with Gasteiger partial charge >= 0.3 is 0 Å². The van der Waals surface area contributed by atoms with E-state index in [1.54, 1.807) is 7.11 Å². The molecule has 0 aliphatic heterocycles. The summed E-state index contributed by atoms with van der Waals surface area (Å²) in [6.45, 7) is 6.42. The third kappa shape index (κ3) is 4.46. The third-order valence-corrected chi connectivity index (χ3v) is 6.85. The number of methoxy groups -OCH3 is 1. The second-order valence-corrected chi connectivity index (χ2v) is 10.5. The molecule has 0 radical (unpaired) electrons. The summed E-state index contributed by atoms with van der Waals surface area (Å²) in [6.07, 6.45) is 1.31. The minimum Gasteiger partial charge on any atom is -0.497 e. The summed E-state index contributed by atoms with van der Waals surface area (Å²) in [5, 5.41) is 4.25. The smallest absolute Gasteiger partial charge is 0.167 e. The Hall–Kier alpha value is -3.50. The molecule has 0 atom stereocenters. The molecule has 0 spiro atoms. The van der Waals surface area contributed by atoms with Crippen LogP contribution in [0.3, 0.4) is 0 Å². The summed E-state index contributed by atoms with van der Waals surface area (Å²) in [5.41, 5.74) is 7.58. The van der Waals surface area contributed by atoms with Crippen LogP contribution in [0.1, 0.15) is 41.9 Å². The van der Waals surface area contributed by atoms with E-state index in [0.717, 1.165) is 51.7 Å². The Morgan fingerprint density at radius 2 is 1.57 bits per heavy atom. The molecule has 5 rings (SSSR count). The van der Waals surface area contributed by atoms with Gasteiger partial charge in [0.05, 0.1) is 24.1 Å². The first-order valence-electron chi connectivity index (χ1n) is 11.8. The van der Waals surface area contributed by atoms with Crippen molar-refractivity contribution in [2.45, 2.75) is 33.6 Å². The predicted molar refractivity (Wildman–Crippen MR) is 144 cm³/mol. The van der Waals surface area contributed by atoms with E-state index in [1.807, 2.05) is 48.5 Å². The molecule has 1 aromatic heterocycles. The lowest BCUT2D eigenvalue weighted by Crippen LogP contribution is -2.28. The first-order chi connectivity index (χ1) is 16.8. The van der Waals surface area contributed by atoms with Crippen LogP contribution in [0.15, 0.2) is 72.8 Å². The lowest BCUT2D eigenvalue weighted by atomic mass is 9.76. The number of hydrogen-bond donors (Lipinski definition) is 1. The maximum Gasteiger partial charge on any atom is 0.167 e. The standard InChI is InChI=1S/C30H29ClN2O2/c1-19-5-13-23(14-6-19)33-25-17-30(2,3)18-26(34)27(25)28(32-22-11-9-21(31)10-12-22)29(33)20-7-15-24(35-4)16-8-20/h5-16,32H,17-18H2,1-4H3. The van der Waals surface area contributed by atoms with Crippen molar-refractivity contribution in [3.8, 4) is 22.7 Å². The normalized spacial score (nSPS) is 14.5. The van der Waals surface area contributed by atoms with Crippen molar-refractivity contribution in [2.75, 3.05) is 12.4 Å². The van der Waals surface area contributed by atoms with Gasteiger partial charge in [0, 0.05) is 34.1 Å². The van der Waals surface area contributed by atoms with Crippen molar-refractivity contribution in [2.24, 2.45) is 5.41 Å². The Kier molecular flexibility index (Phi) is 5.94. The number of anilines is 2. The summed E-state index contributed by atoms with van der Waals surface area (Å²) >= 11 is 6.14. The number of ketones is 1. The van der Waals surface area contributed by atoms with Gasteiger partial charge in [0.2, 0.25) is 0 Å². The molecule has 1 aliphatic rings. The summed E-state index contributed by atoms with van der Waals surface area (Å²) in [6, 6.07) is 24.1. The van der Waals surface area contributed by atoms with Crippen LogP contribution < -0.4 is 10.1 Å². The molecule has 35 heavy (non-hydrogen) atoms. The molecule has 0 saturated heterocycles. The number of rotatable bonds is 5. The Bertz CT molecular complexity index is 1380. The van der Waals surface area contributed by atoms with Crippen LogP contribution in [-0.2, 0) is 6.42 Å². The van der Waals surface area contributed by atoms with Gasteiger partial charge in [-0.05, 0) is 79.4 Å². The van der Waals surface area contributed by atoms with Crippen molar-refractivity contribution >= 4 is 28.8 Å². The fourth-order valence-electron chi connectivity index (χ4n) is 4.93. The number of ether oxygens (including phenoxy) is 1. The lowest BCUT2D eigenvalue weighted by molar-refractivity contribution is 0.0912. The minimum absolute atomic E-state index is 0.125. The van der Waals surface area contributed by atoms with Gasteiger partial charge in [-0.3, -0.25) is 4.79 Å². The highest BCUT2D eigenvalue weighted by atomic mass is 35.5. The summed E-state index contributed by atoms with van der Waals surface area (Å²) < 4.78 is 7.66. The molecule has 5 heteroatoms. The van der Waals surface area contributed by atoms with Crippen LogP contribution in [-0.4, -0.2) is 17.5 Å². The van der Waals surface area contributed by atoms with Gasteiger partial charge in [-0.2, -0.15) is 0 Å². The molecule has 4 nitrogen and oxygen atoms in total. The van der Waals surface area contributed by atoms with Gasteiger partial charge in [-0.25, -0.2) is 0 Å². The van der Waals surface area contributed by atoms with Crippen LogP contribution in [0.4, 0.5) is 11.4 Å².